The lowest BCUT2D eigenvalue weighted by Crippen LogP contribution is -2.50. The van der Waals surface area contributed by atoms with Gasteiger partial charge in [0, 0.05) is 38.2 Å². The maximum absolute atomic E-state index is 13.7. The van der Waals surface area contributed by atoms with Crippen LogP contribution in [0.5, 0.6) is 0 Å². The summed E-state index contributed by atoms with van der Waals surface area (Å²) in [6.45, 7) is 7.02. The predicted octanol–water partition coefficient (Wildman–Crippen LogP) is -0.102. The Balaban J connectivity index is 1.43. The van der Waals surface area contributed by atoms with Gasteiger partial charge in [0.1, 0.15) is 18.4 Å². The highest BCUT2D eigenvalue weighted by Gasteiger charge is 2.45. The molecule has 3 atom stereocenters. The summed E-state index contributed by atoms with van der Waals surface area (Å²) in [7, 11) is 0. The molecule has 0 radical (unpaired) electrons. The van der Waals surface area contributed by atoms with Gasteiger partial charge in [-0.15, -0.1) is 10.2 Å². The second-order valence-electron chi connectivity index (χ2n) is 9.78. The van der Waals surface area contributed by atoms with Crippen LogP contribution in [-0.4, -0.2) is 82.3 Å². The minimum Gasteiger partial charge on any atom is -0.391 e. The van der Waals surface area contributed by atoms with E-state index in [1.807, 2.05) is 27.0 Å². The lowest BCUT2D eigenvalue weighted by Gasteiger charge is -2.34. The molecule has 0 bridgehead atoms. The first-order chi connectivity index (χ1) is 15.2. The van der Waals surface area contributed by atoms with Crippen LogP contribution in [0.1, 0.15) is 64.1 Å². The number of hydrogen-bond donors (Lipinski definition) is 2. The van der Waals surface area contributed by atoms with Crippen molar-refractivity contribution >= 4 is 11.8 Å². The highest BCUT2D eigenvalue weighted by Crippen LogP contribution is 2.40. The molecule has 12 heteroatoms. The molecule has 2 unspecified atom stereocenters. The average Bonchev–Trinajstić information content (AvgIpc) is 3.11. The Morgan fingerprint density at radius 3 is 2.72 bits per heavy atom. The van der Waals surface area contributed by atoms with Crippen LogP contribution < -0.4 is 5.32 Å². The van der Waals surface area contributed by atoms with Crippen LogP contribution in [-0.2, 0) is 16.1 Å². The first kappa shape index (κ1) is 22.3. The van der Waals surface area contributed by atoms with Gasteiger partial charge in [-0.2, -0.15) is 0 Å². The summed E-state index contributed by atoms with van der Waals surface area (Å²) in [5.74, 6) is -0.0634. The highest BCUT2D eigenvalue weighted by atomic mass is 16.3. The normalized spacial score (nSPS) is 22.2. The highest BCUT2D eigenvalue weighted by molar-refractivity contribution is 5.90. The van der Waals surface area contributed by atoms with Crippen molar-refractivity contribution in [2.75, 3.05) is 13.1 Å². The average molecular weight is 446 g/mol. The standard InChI is InChI=1S/C20H31N9O3/c1-20(2,3)17(29-11-15(23-25-29)13-5-6-13)19(32)28-10-14(30)9-16(28)18(31)21-7-4-8-27-12-22-24-26-27/h11-14,16-17,30H,4-10H2,1-3H3,(H,21,31)/t14?,16?,17-/m1/s1. The Bertz CT molecular complexity index is 933. The SMILES string of the molecule is CC(C)(C)[C@@H](C(=O)N1CC(O)CC1C(=O)NCCCn1cnnn1)n1cc(C2CC2)nn1. The number of amides is 2. The zero-order valence-electron chi connectivity index (χ0n) is 18.8. The molecule has 12 nitrogen and oxygen atoms in total. The van der Waals surface area contributed by atoms with E-state index >= 15 is 0 Å². The van der Waals surface area contributed by atoms with Crippen LogP contribution in [0.4, 0.5) is 0 Å². The van der Waals surface area contributed by atoms with Crippen LogP contribution >= 0.6 is 0 Å². The summed E-state index contributed by atoms with van der Waals surface area (Å²) >= 11 is 0. The molecule has 1 aliphatic heterocycles. The number of nitrogens with zero attached hydrogens (tertiary/aromatic N) is 8. The van der Waals surface area contributed by atoms with Crippen molar-refractivity contribution in [3.05, 3.63) is 18.2 Å². The van der Waals surface area contributed by atoms with Gasteiger partial charge in [0.05, 0.1) is 11.8 Å². The zero-order chi connectivity index (χ0) is 22.9. The smallest absolute Gasteiger partial charge is 0.248 e. The summed E-state index contributed by atoms with van der Waals surface area (Å²) in [6, 6.07) is -1.34. The van der Waals surface area contributed by atoms with E-state index in [0.717, 1.165) is 18.5 Å². The van der Waals surface area contributed by atoms with Crippen molar-refractivity contribution in [3.63, 3.8) is 0 Å². The van der Waals surface area contributed by atoms with Gasteiger partial charge in [0.15, 0.2) is 0 Å². The molecular weight excluding hydrogens is 414 g/mol. The minimum absolute atomic E-state index is 0.123. The fraction of sp³-hybridized carbons (Fsp3) is 0.750. The number of rotatable bonds is 8. The van der Waals surface area contributed by atoms with E-state index in [0.29, 0.717) is 25.4 Å². The number of likely N-dealkylation sites (tertiary alicyclic amines) is 1. The number of carbonyl (C=O) groups is 2. The summed E-state index contributed by atoms with van der Waals surface area (Å²) in [5, 5.41) is 32.6. The van der Waals surface area contributed by atoms with Crippen molar-refractivity contribution in [1.29, 1.82) is 0 Å². The third-order valence-corrected chi connectivity index (χ3v) is 5.96. The molecule has 2 N–H and O–H groups in total. The summed E-state index contributed by atoms with van der Waals surface area (Å²) in [4.78, 5) is 28.0. The molecule has 1 saturated carbocycles. The number of aryl methyl sites for hydroxylation is 1. The van der Waals surface area contributed by atoms with Crippen LogP contribution in [0.3, 0.4) is 0 Å². The number of aliphatic hydroxyl groups excluding tert-OH is 1. The van der Waals surface area contributed by atoms with Gasteiger partial charge < -0.3 is 15.3 Å². The Morgan fingerprint density at radius 2 is 2.06 bits per heavy atom. The van der Waals surface area contributed by atoms with E-state index in [4.69, 9.17) is 0 Å². The third kappa shape index (κ3) is 4.95. The maximum Gasteiger partial charge on any atom is 0.248 e. The third-order valence-electron chi connectivity index (χ3n) is 5.96. The second kappa shape index (κ2) is 8.93. The minimum atomic E-state index is -0.741. The largest absolute Gasteiger partial charge is 0.391 e. The molecule has 2 aromatic heterocycles. The molecule has 0 aromatic carbocycles. The number of nitrogens with one attached hydrogen (secondary N) is 1. The Labute approximate surface area is 186 Å². The van der Waals surface area contributed by atoms with Gasteiger partial charge >= 0.3 is 0 Å². The van der Waals surface area contributed by atoms with E-state index in [2.05, 4.69) is 31.2 Å². The number of tetrazole rings is 1. The second-order valence-corrected chi connectivity index (χ2v) is 9.78. The topological polar surface area (TPSA) is 144 Å². The van der Waals surface area contributed by atoms with E-state index in [1.54, 1.807) is 9.36 Å². The van der Waals surface area contributed by atoms with Gasteiger partial charge in [0.2, 0.25) is 11.8 Å². The zero-order valence-corrected chi connectivity index (χ0v) is 18.8. The van der Waals surface area contributed by atoms with Crippen molar-refractivity contribution in [2.24, 2.45) is 5.41 Å². The van der Waals surface area contributed by atoms with E-state index < -0.39 is 23.6 Å². The summed E-state index contributed by atoms with van der Waals surface area (Å²) in [6.07, 6.45) is 5.68. The molecule has 3 heterocycles. The number of carbonyl (C=O) groups excluding carboxylic acids is 2. The molecule has 2 aliphatic rings. The number of aliphatic hydroxyl groups is 1. The lowest BCUT2D eigenvalue weighted by molar-refractivity contribution is -0.144. The summed E-state index contributed by atoms with van der Waals surface area (Å²) in [5.41, 5.74) is 0.455. The molecule has 2 fully saturated rings. The van der Waals surface area contributed by atoms with Gasteiger partial charge in [-0.3, -0.25) is 9.59 Å². The van der Waals surface area contributed by atoms with Gasteiger partial charge in [-0.1, -0.05) is 26.0 Å². The number of hydrogen-bond acceptors (Lipinski definition) is 8. The van der Waals surface area contributed by atoms with Crippen LogP contribution in [0.25, 0.3) is 0 Å². The molecule has 0 spiro atoms. The number of β-amino-alcohol motifs (C(OH)–C–C–N with tert-alkyl or cyclic N) is 1. The quantitative estimate of drug-likeness (QED) is 0.536. The van der Waals surface area contributed by atoms with Gasteiger partial charge in [-0.05, 0) is 35.1 Å². The van der Waals surface area contributed by atoms with Crippen molar-refractivity contribution in [1.82, 2.24) is 45.4 Å². The van der Waals surface area contributed by atoms with E-state index in [9.17, 15) is 14.7 Å². The molecule has 174 valence electrons. The monoisotopic (exact) mass is 445 g/mol. The summed E-state index contributed by atoms with van der Waals surface area (Å²) < 4.78 is 3.21. The van der Waals surface area contributed by atoms with Gasteiger partial charge in [-0.25, -0.2) is 9.36 Å². The Kier molecular flexibility index (Phi) is 6.22. The fourth-order valence-electron chi connectivity index (χ4n) is 4.18. The fourth-order valence-corrected chi connectivity index (χ4v) is 4.18. The van der Waals surface area contributed by atoms with E-state index in [-0.39, 0.29) is 24.8 Å². The molecule has 2 amide bonds. The van der Waals surface area contributed by atoms with Crippen molar-refractivity contribution in [2.45, 2.75) is 77.1 Å². The molecule has 1 saturated heterocycles. The van der Waals surface area contributed by atoms with Gasteiger partial charge in [0.25, 0.3) is 0 Å². The van der Waals surface area contributed by atoms with Crippen LogP contribution in [0, 0.1) is 5.41 Å². The Hall–Kier alpha value is -2.89. The lowest BCUT2D eigenvalue weighted by atomic mass is 9.85. The van der Waals surface area contributed by atoms with Crippen LogP contribution in [0.2, 0.25) is 0 Å². The molecule has 2 aromatic rings. The molecule has 4 rings (SSSR count). The molecular formula is C20H31N9O3. The van der Waals surface area contributed by atoms with E-state index in [1.165, 1.54) is 11.2 Å². The first-order valence-corrected chi connectivity index (χ1v) is 11.1. The molecule has 1 aliphatic carbocycles. The first-order valence-electron chi connectivity index (χ1n) is 11.1. The Morgan fingerprint density at radius 1 is 1.28 bits per heavy atom. The number of aromatic nitrogens is 7. The predicted molar refractivity (Wildman–Crippen MR) is 112 cm³/mol. The van der Waals surface area contributed by atoms with Crippen molar-refractivity contribution < 1.29 is 14.7 Å². The van der Waals surface area contributed by atoms with Crippen molar-refractivity contribution in [3.8, 4) is 0 Å². The maximum atomic E-state index is 13.7. The molecule has 32 heavy (non-hydrogen) atoms. The van der Waals surface area contributed by atoms with Crippen LogP contribution in [0.15, 0.2) is 12.5 Å².